The molecule has 8 heteroatoms. The van der Waals surface area contributed by atoms with Crippen LogP contribution >= 0.6 is 0 Å². The van der Waals surface area contributed by atoms with Crippen LogP contribution in [0.1, 0.15) is 85.8 Å². The molecule has 1 N–H and O–H groups in total. The summed E-state index contributed by atoms with van der Waals surface area (Å²) in [4.78, 5) is 21.1. The highest BCUT2D eigenvalue weighted by atomic mass is 16.6. The first-order valence-electron chi connectivity index (χ1n) is 13.7. The summed E-state index contributed by atoms with van der Waals surface area (Å²) in [6.45, 7) is 4.20. The van der Waals surface area contributed by atoms with Crippen LogP contribution in [0, 0.1) is 6.92 Å². The van der Waals surface area contributed by atoms with Crippen molar-refractivity contribution in [2.24, 2.45) is 5.16 Å². The van der Waals surface area contributed by atoms with Gasteiger partial charge in [-0.25, -0.2) is 4.98 Å². The van der Waals surface area contributed by atoms with Crippen LogP contribution in [0.5, 0.6) is 5.75 Å². The van der Waals surface area contributed by atoms with Crippen molar-refractivity contribution >= 4 is 11.7 Å². The summed E-state index contributed by atoms with van der Waals surface area (Å²) in [7, 11) is 0. The fraction of sp³-hybridized carbons (Fsp3) is 0.344. The lowest BCUT2D eigenvalue weighted by Gasteiger charge is -2.16. The normalized spacial score (nSPS) is 12.3. The smallest absolute Gasteiger partial charge is 0.303 e. The van der Waals surface area contributed by atoms with Crippen LogP contribution in [0.3, 0.4) is 0 Å². The summed E-state index contributed by atoms with van der Waals surface area (Å²) in [6, 6.07) is 21.4. The van der Waals surface area contributed by atoms with E-state index in [0.717, 1.165) is 42.5 Å². The molecule has 2 heterocycles. The maximum Gasteiger partial charge on any atom is 0.303 e. The lowest BCUT2D eigenvalue weighted by molar-refractivity contribution is -0.137. The van der Waals surface area contributed by atoms with Crippen LogP contribution in [0.2, 0.25) is 0 Å². The molecular weight excluding hydrogens is 508 g/mol. The first-order chi connectivity index (χ1) is 19.5. The van der Waals surface area contributed by atoms with Gasteiger partial charge in [0.25, 0.3) is 0 Å². The van der Waals surface area contributed by atoms with Crippen molar-refractivity contribution < 1.29 is 28.3 Å². The minimum Gasteiger partial charge on any atom is -0.481 e. The third-order valence-corrected chi connectivity index (χ3v) is 6.47. The number of carboxylic acids is 1. The Morgan fingerprint density at radius 2 is 1.73 bits per heavy atom. The van der Waals surface area contributed by atoms with Crippen LogP contribution in [-0.4, -0.2) is 21.8 Å². The Kier molecular flexibility index (Phi) is 10.6. The molecule has 0 aliphatic heterocycles. The third-order valence-electron chi connectivity index (χ3n) is 6.47. The molecule has 0 radical (unpaired) electrons. The zero-order valence-corrected chi connectivity index (χ0v) is 23.0. The zero-order chi connectivity index (χ0) is 28.2. The second-order valence-corrected chi connectivity index (χ2v) is 9.55. The number of oxime groups is 1. The summed E-state index contributed by atoms with van der Waals surface area (Å²) in [5, 5.41) is 13.3. The van der Waals surface area contributed by atoms with E-state index in [9.17, 15) is 4.79 Å². The van der Waals surface area contributed by atoms with Crippen molar-refractivity contribution in [3.05, 3.63) is 107 Å². The van der Waals surface area contributed by atoms with E-state index in [1.807, 2.05) is 80.6 Å². The third kappa shape index (κ3) is 8.33. The number of aliphatic carboxylic acids is 1. The fourth-order valence-corrected chi connectivity index (χ4v) is 4.33. The van der Waals surface area contributed by atoms with Gasteiger partial charge in [-0.05, 0) is 61.6 Å². The van der Waals surface area contributed by atoms with E-state index < -0.39 is 12.1 Å². The molecule has 0 aliphatic carbocycles. The number of ether oxygens (including phenoxy) is 1. The van der Waals surface area contributed by atoms with Gasteiger partial charge in [-0.1, -0.05) is 67.4 Å². The highest BCUT2D eigenvalue weighted by molar-refractivity contribution is 6.00. The summed E-state index contributed by atoms with van der Waals surface area (Å²) in [6.07, 6.45) is 6.23. The van der Waals surface area contributed by atoms with E-state index in [1.165, 1.54) is 0 Å². The molecule has 8 nitrogen and oxygen atoms in total. The van der Waals surface area contributed by atoms with Crippen LogP contribution in [0.4, 0.5) is 0 Å². The lowest BCUT2D eigenvalue weighted by atomic mass is 10.0. The van der Waals surface area contributed by atoms with Crippen molar-refractivity contribution in [1.29, 1.82) is 0 Å². The van der Waals surface area contributed by atoms with E-state index >= 15 is 0 Å². The Balaban J connectivity index is 1.36. The summed E-state index contributed by atoms with van der Waals surface area (Å²) < 4.78 is 17.7. The molecule has 1 atom stereocenters. The van der Waals surface area contributed by atoms with Crippen LogP contribution in [-0.2, 0) is 22.7 Å². The van der Waals surface area contributed by atoms with Crippen molar-refractivity contribution in [1.82, 2.24) is 4.98 Å². The van der Waals surface area contributed by atoms with Gasteiger partial charge < -0.3 is 23.5 Å². The molecule has 1 unspecified atom stereocenters. The molecule has 4 rings (SSSR count). The number of carboxylic acid groups (broad SMARTS) is 1. The molecule has 2 aromatic carbocycles. The predicted octanol–water partition coefficient (Wildman–Crippen LogP) is 7.65. The molecular formula is C32H36N2O6. The summed E-state index contributed by atoms with van der Waals surface area (Å²) >= 11 is 0. The summed E-state index contributed by atoms with van der Waals surface area (Å²) in [5.74, 6) is 1.94. The second kappa shape index (κ2) is 14.7. The average molecular weight is 545 g/mol. The zero-order valence-electron chi connectivity index (χ0n) is 23.0. The van der Waals surface area contributed by atoms with Crippen molar-refractivity contribution in [2.75, 3.05) is 0 Å². The maximum atomic E-state index is 10.7. The van der Waals surface area contributed by atoms with E-state index in [4.69, 9.17) is 23.5 Å². The van der Waals surface area contributed by atoms with Gasteiger partial charge in [-0.3, -0.25) is 4.79 Å². The molecule has 0 aliphatic rings. The Morgan fingerprint density at radius 3 is 2.38 bits per heavy atom. The highest BCUT2D eigenvalue weighted by Crippen LogP contribution is 2.31. The molecule has 0 amide bonds. The number of aryl methyl sites for hydroxylation is 2. The topological polar surface area (TPSA) is 107 Å². The Hall–Kier alpha value is -4.33. The number of oxazole rings is 1. The molecule has 0 saturated carbocycles. The number of benzene rings is 2. The van der Waals surface area contributed by atoms with Gasteiger partial charge in [0.1, 0.15) is 23.8 Å². The molecule has 2 aromatic heterocycles. The number of rotatable bonds is 16. The van der Waals surface area contributed by atoms with Gasteiger partial charge in [-0.15, -0.1) is 0 Å². The molecule has 0 bridgehead atoms. The van der Waals surface area contributed by atoms with Crippen molar-refractivity contribution in [2.45, 2.75) is 71.5 Å². The Labute approximate surface area is 234 Å². The fourth-order valence-electron chi connectivity index (χ4n) is 4.33. The number of hydrogen-bond acceptors (Lipinski definition) is 7. The highest BCUT2D eigenvalue weighted by Gasteiger charge is 2.26. The van der Waals surface area contributed by atoms with Gasteiger partial charge in [0.15, 0.2) is 11.7 Å². The SMILES string of the molecule is CCc1nc(C(Oc2ccc(CO/N=C(\CCCCCCC(=O)O)c3ccccc3)cc2)c2ccco2)c(C)o1. The second-order valence-electron chi connectivity index (χ2n) is 9.55. The lowest BCUT2D eigenvalue weighted by Crippen LogP contribution is -2.10. The van der Waals surface area contributed by atoms with Gasteiger partial charge in [0.05, 0.1) is 12.0 Å². The van der Waals surface area contributed by atoms with Gasteiger partial charge in [-0.2, -0.15) is 0 Å². The number of furan rings is 1. The number of unbranched alkanes of at least 4 members (excludes halogenated alkanes) is 3. The minimum atomic E-state index is -0.743. The molecule has 210 valence electrons. The largest absolute Gasteiger partial charge is 0.481 e. The molecule has 0 fully saturated rings. The predicted molar refractivity (Wildman–Crippen MR) is 151 cm³/mol. The number of nitrogens with zero attached hydrogens (tertiary/aromatic N) is 2. The average Bonchev–Trinajstić information content (AvgIpc) is 3.64. The van der Waals surface area contributed by atoms with Gasteiger partial charge in [0, 0.05) is 12.8 Å². The Bertz CT molecular complexity index is 1340. The minimum absolute atomic E-state index is 0.218. The number of hydrogen-bond donors (Lipinski definition) is 1. The first-order valence-corrected chi connectivity index (χ1v) is 13.7. The van der Waals surface area contributed by atoms with E-state index in [0.29, 0.717) is 48.3 Å². The van der Waals surface area contributed by atoms with Gasteiger partial charge >= 0.3 is 5.97 Å². The standard InChI is InChI=1S/C32H36N2O6/c1-3-29-33-31(23(2)39-29)32(28-15-11-21-37-28)40-26-19-17-24(18-20-26)22-38-34-27(25-12-7-6-8-13-25)14-9-4-5-10-16-30(35)36/h6-8,11-13,15,17-21,32H,3-5,9-10,14,16,22H2,1-2H3,(H,35,36)/b34-27+. The van der Waals surface area contributed by atoms with Gasteiger partial charge in [0.2, 0.25) is 6.10 Å². The number of aromatic nitrogens is 1. The first kappa shape index (κ1) is 28.7. The summed E-state index contributed by atoms with van der Waals surface area (Å²) in [5.41, 5.74) is 3.56. The van der Waals surface area contributed by atoms with Crippen LogP contribution in [0.15, 0.2) is 87.0 Å². The number of carbonyl (C=O) groups is 1. The Morgan fingerprint density at radius 1 is 0.975 bits per heavy atom. The van der Waals surface area contributed by atoms with E-state index in [-0.39, 0.29) is 6.42 Å². The van der Waals surface area contributed by atoms with Crippen LogP contribution in [0.25, 0.3) is 0 Å². The van der Waals surface area contributed by atoms with Crippen molar-refractivity contribution in [3.63, 3.8) is 0 Å². The quantitative estimate of drug-likeness (QED) is 0.0876. The molecule has 0 spiro atoms. The van der Waals surface area contributed by atoms with Crippen molar-refractivity contribution in [3.8, 4) is 5.75 Å². The van der Waals surface area contributed by atoms with Crippen LogP contribution < -0.4 is 4.74 Å². The molecule has 4 aromatic rings. The maximum absolute atomic E-state index is 10.7. The molecule has 0 saturated heterocycles. The van der Waals surface area contributed by atoms with E-state index in [2.05, 4.69) is 10.1 Å². The molecule has 40 heavy (non-hydrogen) atoms. The van der Waals surface area contributed by atoms with E-state index in [1.54, 1.807) is 6.26 Å². The monoisotopic (exact) mass is 544 g/mol.